The molecule has 0 aromatic heterocycles. The Hall–Kier alpha value is -2.59. The maximum Gasteiger partial charge on any atom is 0.409 e. The highest BCUT2D eigenvalue weighted by molar-refractivity contribution is 5.84. The van der Waals surface area contributed by atoms with E-state index in [0.29, 0.717) is 57.4 Å². The number of morpholine rings is 1. The molecule has 1 N–H and O–H groups in total. The summed E-state index contributed by atoms with van der Waals surface area (Å²) in [5.74, 6) is 0.646. The molecule has 0 spiro atoms. The van der Waals surface area contributed by atoms with Gasteiger partial charge in [0.2, 0.25) is 0 Å². The number of carbonyl (C=O) groups excluding carboxylic acids is 2. The average Bonchev–Trinajstić information content (AvgIpc) is 2.90. The van der Waals surface area contributed by atoms with Crippen molar-refractivity contribution < 1.29 is 19.1 Å². The molecule has 0 radical (unpaired) electrons. The first-order chi connectivity index (χ1) is 16.6. The molecule has 1 aromatic rings. The quantitative estimate of drug-likeness (QED) is 0.664. The van der Waals surface area contributed by atoms with Crippen molar-refractivity contribution in [1.82, 2.24) is 10.2 Å². The summed E-state index contributed by atoms with van der Waals surface area (Å²) in [6.45, 7) is 2.06. The zero-order valence-corrected chi connectivity index (χ0v) is 20.0. The molecule has 1 aliphatic heterocycles. The summed E-state index contributed by atoms with van der Waals surface area (Å²) in [5.41, 5.74) is 0.333. The molecule has 2 aliphatic carbocycles. The van der Waals surface area contributed by atoms with Gasteiger partial charge in [-0.2, -0.15) is 5.26 Å². The maximum absolute atomic E-state index is 13.2. The fraction of sp³-hybridized carbons (Fsp3) is 0.667. The molecule has 0 unspecified atom stereocenters. The lowest BCUT2D eigenvalue weighted by Gasteiger charge is -2.36. The fourth-order valence-corrected chi connectivity index (χ4v) is 5.70. The molecular formula is C27H37N3O4. The van der Waals surface area contributed by atoms with Gasteiger partial charge in [-0.3, -0.25) is 4.79 Å². The molecule has 4 rings (SSSR count). The Morgan fingerprint density at radius 1 is 1.09 bits per heavy atom. The Kier molecular flexibility index (Phi) is 8.44. The molecule has 184 valence electrons. The average molecular weight is 468 g/mol. The maximum atomic E-state index is 13.2. The number of carbonyl (C=O) groups is 2. The van der Waals surface area contributed by atoms with Crippen LogP contribution in [0, 0.1) is 17.2 Å². The fourth-order valence-electron chi connectivity index (χ4n) is 5.70. The first-order valence-electron chi connectivity index (χ1n) is 12.9. The van der Waals surface area contributed by atoms with Crippen LogP contribution >= 0.6 is 0 Å². The number of rotatable bonds is 6. The van der Waals surface area contributed by atoms with Crippen LogP contribution in [0.4, 0.5) is 4.79 Å². The Balaban J connectivity index is 1.37. The molecule has 1 aromatic carbocycles. The van der Waals surface area contributed by atoms with Gasteiger partial charge < -0.3 is 19.7 Å². The molecule has 7 nitrogen and oxygen atoms in total. The van der Waals surface area contributed by atoms with Gasteiger partial charge in [-0.15, -0.1) is 0 Å². The van der Waals surface area contributed by atoms with Crippen LogP contribution in [0.25, 0.3) is 0 Å². The minimum atomic E-state index is -0.945. The van der Waals surface area contributed by atoms with Crippen LogP contribution in [0.2, 0.25) is 0 Å². The zero-order valence-electron chi connectivity index (χ0n) is 20.0. The summed E-state index contributed by atoms with van der Waals surface area (Å²) in [6.07, 6.45) is 7.60. The number of benzene rings is 1. The summed E-state index contributed by atoms with van der Waals surface area (Å²) in [5, 5.41) is 12.8. The third kappa shape index (κ3) is 6.29. The van der Waals surface area contributed by atoms with Crippen molar-refractivity contribution in [1.29, 1.82) is 5.26 Å². The monoisotopic (exact) mass is 467 g/mol. The molecule has 1 atom stereocenters. The van der Waals surface area contributed by atoms with Crippen LogP contribution in [0.15, 0.2) is 30.3 Å². The van der Waals surface area contributed by atoms with Crippen molar-refractivity contribution in [2.45, 2.75) is 81.8 Å². The summed E-state index contributed by atoms with van der Waals surface area (Å²) in [4.78, 5) is 28.0. The first-order valence-corrected chi connectivity index (χ1v) is 12.9. The second-order valence-electron chi connectivity index (χ2n) is 10.1. The lowest BCUT2D eigenvalue weighted by molar-refractivity contribution is -0.145. The number of nitrogens with one attached hydrogen (secondary N) is 1. The minimum absolute atomic E-state index is 0.136. The number of alkyl carbamates (subject to hydrolysis) is 1. The van der Waals surface area contributed by atoms with Crippen LogP contribution in [0.1, 0.15) is 75.7 Å². The molecule has 1 heterocycles. The van der Waals surface area contributed by atoms with Crippen molar-refractivity contribution in [3.63, 3.8) is 0 Å². The highest BCUT2D eigenvalue weighted by Crippen LogP contribution is 2.38. The van der Waals surface area contributed by atoms with Crippen LogP contribution in [0.3, 0.4) is 0 Å². The molecule has 2 amide bonds. The van der Waals surface area contributed by atoms with E-state index < -0.39 is 17.7 Å². The van der Waals surface area contributed by atoms with Crippen molar-refractivity contribution in [2.75, 3.05) is 26.3 Å². The lowest BCUT2D eigenvalue weighted by Crippen LogP contribution is -2.52. The van der Waals surface area contributed by atoms with Crippen LogP contribution in [0.5, 0.6) is 0 Å². The van der Waals surface area contributed by atoms with Crippen molar-refractivity contribution in [2.24, 2.45) is 5.92 Å². The van der Waals surface area contributed by atoms with Crippen molar-refractivity contribution >= 4 is 12.0 Å². The smallest absolute Gasteiger partial charge is 0.409 e. The number of nitriles is 1. The number of ether oxygens (including phenoxy) is 2. The van der Waals surface area contributed by atoms with Crippen LogP contribution in [-0.4, -0.2) is 54.8 Å². The van der Waals surface area contributed by atoms with E-state index in [0.717, 1.165) is 38.5 Å². The van der Waals surface area contributed by atoms with Gasteiger partial charge in [0.25, 0.3) is 5.91 Å². The van der Waals surface area contributed by atoms with Crippen LogP contribution in [-0.2, 0) is 14.3 Å². The highest BCUT2D eigenvalue weighted by atomic mass is 16.6. The summed E-state index contributed by atoms with van der Waals surface area (Å²) in [7, 11) is 0. The highest BCUT2D eigenvalue weighted by Gasteiger charge is 2.39. The van der Waals surface area contributed by atoms with E-state index >= 15 is 0 Å². The molecular weight excluding hydrogens is 430 g/mol. The predicted molar refractivity (Wildman–Crippen MR) is 128 cm³/mol. The third-order valence-electron chi connectivity index (χ3n) is 7.79. The zero-order chi connectivity index (χ0) is 23.8. The van der Waals surface area contributed by atoms with Gasteiger partial charge in [0.1, 0.15) is 5.54 Å². The Bertz CT molecular complexity index is 848. The van der Waals surface area contributed by atoms with Gasteiger partial charge in [0.15, 0.2) is 6.10 Å². The van der Waals surface area contributed by atoms with E-state index in [4.69, 9.17) is 9.47 Å². The SMILES string of the molecule is N#CC1(NC(=O)O[C@@H](CC2CCCCC2)C(=O)N2CCOCC2)CCC(c2ccccc2)CC1. The number of amides is 2. The number of nitrogens with zero attached hydrogens (tertiary/aromatic N) is 2. The second kappa shape index (κ2) is 11.7. The van der Waals surface area contributed by atoms with Gasteiger partial charge in [-0.1, -0.05) is 62.4 Å². The summed E-state index contributed by atoms with van der Waals surface area (Å²) in [6, 6.07) is 12.7. The molecule has 0 bridgehead atoms. The third-order valence-corrected chi connectivity index (χ3v) is 7.79. The van der Waals surface area contributed by atoms with E-state index in [1.54, 1.807) is 4.90 Å². The van der Waals surface area contributed by atoms with E-state index in [2.05, 4.69) is 23.5 Å². The molecule has 3 fully saturated rings. The Labute approximate surface area is 202 Å². The van der Waals surface area contributed by atoms with Crippen molar-refractivity contribution in [3.8, 4) is 6.07 Å². The first kappa shape index (κ1) is 24.5. The van der Waals surface area contributed by atoms with Gasteiger partial charge >= 0.3 is 6.09 Å². The van der Waals surface area contributed by atoms with Crippen molar-refractivity contribution in [3.05, 3.63) is 35.9 Å². The van der Waals surface area contributed by atoms with Gasteiger partial charge in [0, 0.05) is 13.1 Å². The number of hydrogen-bond acceptors (Lipinski definition) is 5. The Morgan fingerprint density at radius 3 is 2.41 bits per heavy atom. The molecule has 34 heavy (non-hydrogen) atoms. The normalized spacial score (nSPS) is 26.8. The predicted octanol–water partition coefficient (Wildman–Crippen LogP) is 4.53. The topological polar surface area (TPSA) is 91.7 Å². The van der Waals surface area contributed by atoms with Gasteiger partial charge in [0.05, 0.1) is 19.3 Å². The summed E-state index contributed by atoms with van der Waals surface area (Å²) >= 11 is 0. The lowest BCUT2D eigenvalue weighted by atomic mass is 9.75. The minimum Gasteiger partial charge on any atom is -0.436 e. The van der Waals surface area contributed by atoms with E-state index in [-0.39, 0.29) is 5.91 Å². The molecule has 2 saturated carbocycles. The Morgan fingerprint density at radius 2 is 1.76 bits per heavy atom. The van der Waals surface area contributed by atoms with Crippen LogP contribution < -0.4 is 5.32 Å². The molecule has 3 aliphatic rings. The molecule has 1 saturated heterocycles. The van der Waals surface area contributed by atoms with E-state index in [9.17, 15) is 14.9 Å². The second-order valence-corrected chi connectivity index (χ2v) is 10.1. The van der Waals surface area contributed by atoms with E-state index in [1.165, 1.54) is 12.0 Å². The standard InChI is InChI=1S/C27H37N3O4/c28-20-27(13-11-23(12-14-27)22-9-5-2-6-10-22)29-26(32)34-24(19-21-7-3-1-4-8-21)25(31)30-15-17-33-18-16-30/h2,5-6,9-10,21,23-24H,1,3-4,7-8,11-19H2,(H,29,32)/t23?,24-,27?/m0/s1. The van der Waals surface area contributed by atoms with Gasteiger partial charge in [-0.25, -0.2) is 4.79 Å². The largest absolute Gasteiger partial charge is 0.436 e. The summed E-state index contributed by atoms with van der Waals surface area (Å²) < 4.78 is 11.2. The van der Waals surface area contributed by atoms with E-state index in [1.807, 2.05) is 18.2 Å². The van der Waals surface area contributed by atoms with Gasteiger partial charge in [-0.05, 0) is 49.5 Å². The number of hydrogen-bond donors (Lipinski definition) is 1. The molecule has 7 heteroatoms.